The molecule has 0 radical (unpaired) electrons. The number of aliphatic imine (C=N–C) groups is 1. The Morgan fingerprint density at radius 1 is 1.03 bits per heavy atom. The van der Waals surface area contributed by atoms with Crippen molar-refractivity contribution in [2.45, 2.75) is 54.9 Å². The lowest BCUT2D eigenvalue weighted by Gasteiger charge is -2.09. The molecule has 0 aliphatic carbocycles. The highest BCUT2D eigenvalue weighted by Gasteiger charge is 2.12. The van der Waals surface area contributed by atoms with Gasteiger partial charge in [-0.15, -0.1) is 0 Å². The van der Waals surface area contributed by atoms with Crippen LogP contribution < -0.4 is 0 Å². The summed E-state index contributed by atoms with van der Waals surface area (Å²) in [6.07, 6.45) is 14.8. The molecule has 1 heterocycles. The molecule has 0 N–H and O–H groups in total. The third kappa shape index (κ3) is 9.76. The summed E-state index contributed by atoms with van der Waals surface area (Å²) in [5.74, 6) is -0.169. The van der Waals surface area contributed by atoms with Crippen LogP contribution in [0.3, 0.4) is 0 Å². The van der Waals surface area contributed by atoms with Gasteiger partial charge in [-0.1, -0.05) is 78.7 Å². The second-order valence-corrected chi connectivity index (χ2v) is 8.27. The number of nitrogens with zero attached hydrogens (tertiary/aromatic N) is 1. The fourth-order valence-corrected chi connectivity index (χ4v) is 3.11. The predicted molar refractivity (Wildman–Crippen MR) is 148 cm³/mol. The average molecular weight is 478 g/mol. The Kier molecular flexibility index (Phi) is 13.3. The summed E-state index contributed by atoms with van der Waals surface area (Å²) in [6, 6.07) is 12.0. The van der Waals surface area contributed by atoms with E-state index in [1.807, 2.05) is 63.3 Å². The first kappa shape index (κ1) is 28.9. The molecule has 0 aliphatic heterocycles. The number of Topliss-reactive ketones (excluding diaryl/α,β-unsaturated/α-hetero) is 1. The van der Waals surface area contributed by atoms with Crippen molar-refractivity contribution in [3.05, 3.63) is 107 Å². The molecule has 0 bridgehead atoms. The summed E-state index contributed by atoms with van der Waals surface area (Å²) >= 11 is 6.04. The predicted octanol–water partition coefficient (Wildman–Crippen LogP) is 9.21. The van der Waals surface area contributed by atoms with Crippen molar-refractivity contribution < 1.29 is 9.21 Å². The SMILES string of the molecule is C/C=C\C=C(/C)CC.C\C=C(/C=C(\C(C)=N\C(C(C)=O)=C(/C)Cl)c1ccoc1)c1ccccc1. The van der Waals surface area contributed by atoms with Crippen molar-refractivity contribution in [2.24, 2.45) is 4.99 Å². The zero-order chi connectivity index (χ0) is 25.5. The summed E-state index contributed by atoms with van der Waals surface area (Å²) in [5, 5.41) is 0.373. The van der Waals surface area contributed by atoms with Crippen molar-refractivity contribution in [3.8, 4) is 0 Å². The highest BCUT2D eigenvalue weighted by atomic mass is 35.5. The number of rotatable bonds is 8. The summed E-state index contributed by atoms with van der Waals surface area (Å²) in [4.78, 5) is 16.3. The van der Waals surface area contributed by atoms with E-state index in [1.165, 1.54) is 12.5 Å². The normalized spacial score (nSPS) is 14.0. The number of carbonyl (C=O) groups excluding carboxylic acids is 1. The number of carbonyl (C=O) groups is 1. The second-order valence-electron chi connectivity index (χ2n) is 7.71. The Bertz CT molecular complexity index is 1090. The number of ketones is 1. The highest BCUT2D eigenvalue weighted by Crippen LogP contribution is 2.25. The zero-order valence-electron chi connectivity index (χ0n) is 21.4. The standard InChI is InChI=1S/C22H22ClNO2.C8H14/c1-5-18(19-9-7-6-8-10-19)13-21(20-11-12-26-14-20)16(3)24-22(15(2)23)17(4)25;1-4-6-7-8(3)5-2/h5-14H,1-4H3;4,6-7H,5H2,1-3H3/b18-5+,21-13+,22-15+,24-16+;6-4-,8-7+. The van der Waals surface area contributed by atoms with Crippen LogP contribution in [-0.2, 0) is 4.79 Å². The van der Waals surface area contributed by atoms with Crippen molar-refractivity contribution in [3.63, 3.8) is 0 Å². The van der Waals surface area contributed by atoms with Crippen LogP contribution in [0.15, 0.2) is 105 Å². The maximum absolute atomic E-state index is 11.8. The first-order valence-electron chi connectivity index (χ1n) is 11.4. The lowest BCUT2D eigenvalue weighted by Crippen LogP contribution is -2.03. The molecular weight excluding hydrogens is 442 g/mol. The Hall–Kier alpha value is -3.17. The van der Waals surface area contributed by atoms with Crippen molar-refractivity contribution >= 4 is 34.2 Å². The van der Waals surface area contributed by atoms with Crippen LogP contribution in [0, 0.1) is 0 Å². The van der Waals surface area contributed by atoms with E-state index in [2.05, 4.69) is 43.1 Å². The van der Waals surface area contributed by atoms with Gasteiger partial charge in [0.15, 0.2) is 5.78 Å². The number of furan rings is 1. The molecule has 0 fully saturated rings. The van der Waals surface area contributed by atoms with Gasteiger partial charge in [-0.05, 0) is 64.3 Å². The minimum atomic E-state index is -0.169. The van der Waals surface area contributed by atoms with Crippen molar-refractivity contribution in [1.29, 1.82) is 0 Å². The Morgan fingerprint density at radius 2 is 1.71 bits per heavy atom. The molecule has 1 aromatic carbocycles. The average Bonchev–Trinajstić information content (AvgIpc) is 3.36. The maximum atomic E-state index is 11.8. The van der Waals surface area contributed by atoms with Gasteiger partial charge in [-0.2, -0.15) is 0 Å². The third-order valence-electron chi connectivity index (χ3n) is 5.01. The number of halogens is 1. The van der Waals surface area contributed by atoms with E-state index in [0.717, 1.165) is 28.7 Å². The van der Waals surface area contributed by atoms with E-state index in [1.54, 1.807) is 19.5 Å². The molecule has 0 saturated carbocycles. The smallest absolute Gasteiger partial charge is 0.179 e. The molecular formula is C30H36ClNO2. The third-order valence-corrected chi connectivity index (χ3v) is 5.19. The van der Waals surface area contributed by atoms with Crippen LogP contribution in [0.2, 0.25) is 0 Å². The second kappa shape index (κ2) is 15.6. The lowest BCUT2D eigenvalue weighted by molar-refractivity contribution is -0.113. The van der Waals surface area contributed by atoms with Gasteiger partial charge in [0.2, 0.25) is 0 Å². The van der Waals surface area contributed by atoms with Gasteiger partial charge in [-0.3, -0.25) is 4.79 Å². The van der Waals surface area contributed by atoms with E-state index >= 15 is 0 Å². The van der Waals surface area contributed by atoms with E-state index < -0.39 is 0 Å². The van der Waals surface area contributed by atoms with Crippen LogP contribution in [0.25, 0.3) is 11.1 Å². The number of allylic oxidation sites excluding steroid dienone is 10. The first-order chi connectivity index (χ1) is 16.2. The molecule has 4 heteroatoms. The minimum Gasteiger partial charge on any atom is -0.472 e. The molecule has 2 rings (SSSR count). The highest BCUT2D eigenvalue weighted by molar-refractivity contribution is 6.32. The van der Waals surface area contributed by atoms with Crippen LogP contribution in [-0.4, -0.2) is 11.5 Å². The maximum Gasteiger partial charge on any atom is 0.179 e. The summed E-state index contributed by atoms with van der Waals surface area (Å²) in [7, 11) is 0. The van der Waals surface area contributed by atoms with E-state index in [0.29, 0.717) is 10.7 Å². The van der Waals surface area contributed by atoms with Crippen LogP contribution in [0.1, 0.15) is 66.0 Å². The van der Waals surface area contributed by atoms with Crippen LogP contribution in [0.4, 0.5) is 0 Å². The van der Waals surface area contributed by atoms with Gasteiger partial charge >= 0.3 is 0 Å². The lowest BCUT2D eigenvalue weighted by atomic mass is 9.97. The van der Waals surface area contributed by atoms with Gasteiger partial charge in [0, 0.05) is 28.8 Å². The first-order valence-corrected chi connectivity index (χ1v) is 11.8. The van der Waals surface area contributed by atoms with Gasteiger partial charge in [0.1, 0.15) is 5.70 Å². The summed E-state index contributed by atoms with van der Waals surface area (Å²) in [5.41, 5.74) is 6.28. The summed E-state index contributed by atoms with van der Waals surface area (Å²) < 4.78 is 5.25. The van der Waals surface area contributed by atoms with Gasteiger partial charge in [-0.25, -0.2) is 4.99 Å². The molecule has 0 saturated heterocycles. The zero-order valence-corrected chi connectivity index (χ0v) is 22.1. The molecule has 180 valence electrons. The van der Waals surface area contributed by atoms with E-state index in [4.69, 9.17) is 16.0 Å². The van der Waals surface area contributed by atoms with Crippen molar-refractivity contribution in [1.82, 2.24) is 0 Å². The molecule has 3 nitrogen and oxygen atoms in total. The molecule has 34 heavy (non-hydrogen) atoms. The van der Waals surface area contributed by atoms with Crippen molar-refractivity contribution in [2.75, 3.05) is 0 Å². The molecule has 2 aromatic rings. The van der Waals surface area contributed by atoms with Gasteiger partial charge in [0.05, 0.1) is 12.5 Å². The summed E-state index contributed by atoms with van der Waals surface area (Å²) in [6.45, 7) is 13.3. The van der Waals surface area contributed by atoms with E-state index in [9.17, 15) is 4.79 Å². The molecule has 0 spiro atoms. The van der Waals surface area contributed by atoms with Crippen LogP contribution in [0.5, 0.6) is 0 Å². The monoisotopic (exact) mass is 477 g/mol. The fourth-order valence-electron chi connectivity index (χ4n) is 2.94. The number of hydrogen-bond donors (Lipinski definition) is 0. The molecule has 0 unspecified atom stereocenters. The Balaban J connectivity index is 0.000000620. The quantitative estimate of drug-likeness (QED) is 0.216. The van der Waals surface area contributed by atoms with Gasteiger partial charge in [0.25, 0.3) is 0 Å². The number of benzene rings is 1. The Labute approximate surface area is 209 Å². The molecule has 0 amide bonds. The molecule has 1 aromatic heterocycles. The number of hydrogen-bond acceptors (Lipinski definition) is 3. The van der Waals surface area contributed by atoms with E-state index in [-0.39, 0.29) is 11.5 Å². The van der Waals surface area contributed by atoms with Crippen LogP contribution >= 0.6 is 11.6 Å². The fraction of sp³-hybridized carbons (Fsp3) is 0.267. The Morgan fingerprint density at radius 3 is 2.18 bits per heavy atom. The topological polar surface area (TPSA) is 42.6 Å². The minimum absolute atomic E-state index is 0.169. The molecule has 0 aliphatic rings. The largest absolute Gasteiger partial charge is 0.472 e. The molecule has 0 atom stereocenters. The van der Waals surface area contributed by atoms with Gasteiger partial charge < -0.3 is 4.42 Å².